The van der Waals surface area contributed by atoms with E-state index in [1.165, 1.54) is 11.3 Å². The molecule has 1 amide bonds. The third-order valence-electron chi connectivity index (χ3n) is 4.58. The molecule has 0 bridgehead atoms. The van der Waals surface area contributed by atoms with Gasteiger partial charge in [0.15, 0.2) is 10.8 Å². The van der Waals surface area contributed by atoms with Gasteiger partial charge in [0.05, 0.1) is 21.8 Å². The van der Waals surface area contributed by atoms with Gasteiger partial charge in [-0.25, -0.2) is 4.98 Å². The summed E-state index contributed by atoms with van der Waals surface area (Å²) in [7, 11) is 0. The van der Waals surface area contributed by atoms with Crippen LogP contribution in [0.4, 0.5) is 5.13 Å². The van der Waals surface area contributed by atoms with Gasteiger partial charge in [0, 0.05) is 24.6 Å². The third-order valence-corrected chi connectivity index (χ3v) is 6.12. The third kappa shape index (κ3) is 3.88. The number of carbonyl (C=O) groups excluding carboxylic acids is 1. The number of rotatable bonds is 5. The van der Waals surface area contributed by atoms with E-state index in [0.29, 0.717) is 22.4 Å². The van der Waals surface area contributed by atoms with Crippen LogP contribution in [0.1, 0.15) is 41.5 Å². The molecule has 0 saturated heterocycles. The Balaban J connectivity index is 1.78. The van der Waals surface area contributed by atoms with E-state index in [2.05, 4.69) is 10.1 Å². The van der Waals surface area contributed by atoms with Crippen LogP contribution in [-0.4, -0.2) is 25.7 Å². The summed E-state index contributed by atoms with van der Waals surface area (Å²) in [6.07, 6.45) is 5.28. The highest BCUT2D eigenvalue weighted by Gasteiger charge is 2.25. The number of hydrogen-bond donors (Lipinski definition) is 0. The molecule has 0 N–H and O–H groups in total. The zero-order valence-electron chi connectivity index (χ0n) is 16.3. The number of nitrogens with zero attached hydrogens (tertiary/aromatic N) is 5. The Morgan fingerprint density at radius 2 is 2.10 bits per heavy atom. The average molecular weight is 426 g/mol. The van der Waals surface area contributed by atoms with E-state index in [1.54, 1.807) is 28.0 Å². The second kappa shape index (κ2) is 7.93. The molecule has 3 heterocycles. The summed E-state index contributed by atoms with van der Waals surface area (Å²) in [4.78, 5) is 23.9. The van der Waals surface area contributed by atoms with Crippen molar-refractivity contribution >= 4 is 44.2 Å². The van der Waals surface area contributed by atoms with Gasteiger partial charge in [-0.15, -0.1) is 0 Å². The summed E-state index contributed by atoms with van der Waals surface area (Å²) in [6, 6.07) is 9.50. The van der Waals surface area contributed by atoms with Crippen LogP contribution in [0.15, 0.2) is 48.9 Å². The molecule has 8 heteroatoms. The molecule has 0 fully saturated rings. The molecule has 6 nitrogen and oxygen atoms in total. The molecule has 1 aromatic carbocycles. The maximum absolute atomic E-state index is 13.4. The number of aromatic nitrogens is 4. The molecule has 0 aliphatic rings. The van der Waals surface area contributed by atoms with Crippen LogP contribution in [0, 0.1) is 6.92 Å². The second-order valence-corrected chi connectivity index (χ2v) is 8.45. The van der Waals surface area contributed by atoms with E-state index < -0.39 is 0 Å². The molecule has 0 atom stereocenters. The van der Waals surface area contributed by atoms with Crippen molar-refractivity contribution in [1.29, 1.82) is 0 Å². The number of carbonyl (C=O) groups is 1. The fourth-order valence-corrected chi connectivity index (χ4v) is 4.30. The summed E-state index contributed by atoms with van der Waals surface area (Å²) < 4.78 is 2.65. The molecular weight excluding hydrogens is 406 g/mol. The fourth-order valence-electron chi connectivity index (χ4n) is 2.98. The van der Waals surface area contributed by atoms with Gasteiger partial charge in [-0.3, -0.25) is 19.4 Å². The zero-order chi connectivity index (χ0) is 20.5. The molecule has 148 valence electrons. The van der Waals surface area contributed by atoms with Crippen molar-refractivity contribution in [2.75, 3.05) is 4.90 Å². The second-order valence-electron chi connectivity index (χ2n) is 7.07. The molecule has 0 saturated carbocycles. The minimum absolute atomic E-state index is 0.173. The lowest BCUT2D eigenvalue weighted by Crippen LogP contribution is -2.31. The van der Waals surface area contributed by atoms with Crippen LogP contribution >= 0.6 is 22.9 Å². The number of pyridine rings is 1. The summed E-state index contributed by atoms with van der Waals surface area (Å²) >= 11 is 7.79. The van der Waals surface area contributed by atoms with E-state index in [9.17, 15) is 4.79 Å². The molecule has 3 aromatic heterocycles. The number of halogens is 1. The van der Waals surface area contributed by atoms with Crippen LogP contribution in [0.5, 0.6) is 0 Å². The molecule has 0 aliphatic heterocycles. The van der Waals surface area contributed by atoms with Crippen molar-refractivity contribution in [3.63, 3.8) is 0 Å². The maximum atomic E-state index is 13.4. The minimum atomic E-state index is -0.207. The standard InChI is InChI=1S/C21H20ClN5OS/c1-13(2)27-10-8-17(25-27)20(28)26(12-15-5-4-9-23-11-15)21-24-18-14(3)6-7-16(22)19(18)29-21/h4-11,13H,12H2,1-3H3. The van der Waals surface area contributed by atoms with Crippen LogP contribution in [0.3, 0.4) is 0 Å². The summed E-state index contributed by atoms with van der Waals surface area (Å²) in [5.74, 6) is -0.207. The molecule has 29 heavy (non-hydrogen) atoms. The Kier molecular flexibility index (Phi) is 5.34. The van der Waals surface area contributed by atoms with E-state index in [4.69, 9.17) is 16.6 Å². The molecule has 4 rings (SSSR count). The first kappa shape index (κ1) is 19.5. The van der Waals surface area contributed by atoms with Gasteiger partial charge in [-0.05, 0) is 50.1 Å². The molecule has 0 spiro atoms. The van der Waals surface area contributed by atoms with E-state index in [0.717, 1.165) is 21.3 Å². The van der Waals surface area contributed by atoms with E-state index in [-0.39, 0.29) is 11.9 Å². The lowest BCUT2D eigenvalue weighted by atomic mass is 10.2. The largest absolute Gasteiger partial charge is 0.280 e. The Labute approximate surface area is 177 Å². The van der Waals surface area contributed by atoms with Gasteiger partial charge in [-0.1, -0.05) is 35.1 Å². The van der Waals surface area contributed by atoms with E-state index >= 15 is 0 Å². The lowest BCUT2D eigenvalue weighted by molar-refractivity contribution is 0.0979. The van der Waals surface area contributed by atoms with Gasteiger partial charge in [0.25, 0.3) is 5.91 Å². The lowest BCUT2D eigenvalue weighted by Gasteiger charge is -2.18. The zero-order valence-corrected chi connectivity index (χ0v) is 17.9. The normalized spacial score (nSPS) is 11.3. The fraction of sp³-hybridized carbons (Fsp3) is 0.238. The number of amides is 1. The van der Waals surface area contributed by atoms with Crippen LogP contribution in [-0.2, 0) is 6.54 Å². The SMILES string of the molecule is Cc1ccc(Cl)c2sc(N(Cc3cccnc3)C(=O)c3ccn(C(C)C)n3)nc12. The minimum Gasteiger partial charge on any atom is -0.278 e. The molecule has 0 unspecified atom stereocenters. The number of benzene rings is 1. The highest BCUT2D eigenvalue weighted by atomic mass is 35.5. The van der Waals surface area contributed by atoms with Crippen molar-refractivity contribution in [1.82, 2.24) is 19.7 Å². The first-order valence-corrected chi connectivity index (χ1v) is 10.4. The highest BCUT2D eigenvalue weighted by Crippen LogP contribution is 2.36. The topological polar surface area (TPSA) is 63.9 Å². The first-order chi connectivity index (χ1) is 13.9. The number of fused-ring (bicyclic) bond motifs is 1. The van der Waals surface area contributed by atoms with Gasteiger partial charge >= 0.3 is 0 Å². The number of thiazole rings is 1. The smallest absolute Gasteiger partial charge is 0.278 e. The number of hydrogen-bond acceptors (Lipinski definition) is 5. The molecule has 0 radical (unpaired) electrons. The monoisotopic (exact) mass is 425 g/mol. The number of anilines is 1. The molecular formula is C21H20ClN5OS. The Morgan fingerprint density at radius 1 is 1.28 bits per heavy atom. The summed E-state index contributed by atoms with van der Waals surface area (Å²) in [5, 5.41) is 5.67. The molecule has 4 aromatic rings. The Bertz CT molecular complexity index is 1130. The van der Waals surface area contributed by atoms with Crippen LogP contribution in [0.25, 0.3) is 10.2 Å². The van der Waals surface area contributed by atoms with Crippen molar-refractivity contribution in [2.45, 2.75) is 33.4 Å². The maximum Gasteiger partial charge on any atom is 0.280 e. The van der Waals surface area contributed by atoms with Gasteiger partial charge < -0.3 is 0 Å². The van der Waals surface area contributed by atoms with Gasteiger partial charge in [-0.2, -0.15) is 5.10 Å². The van der Waals surface area contributed by atoms with Gasteiger partial charge in [0.2, 0.25) is 0 Å². The Hall–Kier alpha value is -2.77. The Morgan fingerprint density at radius 3 is 2.76 bits per heavy atom. The van der Waals surface area contributed by atoms with Crippen molar-refractivity contribution < 1.29 is 4.79 Å². The van der Waals surface area contributed by atoms with E-state index in [1.807, 2.05) is 51.2 Å². The van der Waals surface area contributed by atoms with Crippen molar-refractivity contribution in [3.8, 4) is 0 Å². The predicted octanol–water partition coefficient (Wildman–Crippen LogP) is 5.28. The summed E-state index contributed by atoms with van der Waals surface area (Å²) in [6.45, 7) is 6.37. The van der Waals surface area contributed by atoms with Crippen molar-refractivity contribution in [3.05, 3.63) is 70.8 Å². The van der Waals surface area contributed by atoms with Crippen molar-refractivity contribution in [2.24, 2.45) is 0 Å². The molecule has 0 aliphatic carbocycles. The summed E-state index contributed by atoms with van der Waals surface area (Å²) in [5.41, 5.74) is 3.12. The first-order valence-electron chi connectivity index (χ1n) is 9.25. The van der Waals surface area contributed by atoms with Gasteiger partial charge in [0.1, 0.15) is 0 Å². The number of aryl methyl sites for hydroxylation is 1. The van der Waals surface area contributed by atoms with Crippen LogP contribution < -0.4 is 4.90 Å². The highest BCUT2D eigenvalue weighted by molar-refractivity contribution is 7.23. The average Bonchev–Trinajstić information content (AvgIpc) is 3.37. The quantitative estimate of drug-likeness (QED) is 0.436. The predicted molar refractivity (Wildman–Crippen MR) is 117 cm³/mol. The van der Waals surface area contributed by atoms with Crippen LogP contribution in [0.2, 0.25) is 5.02 Å².